The van der Waals surface area contributed by atoms with E-state index in [9.17, 15) is 0 Å². The van der Waals surface area contributed by atoms with E-state index in [1.165, 1.54) is 32.5 Å². The minimum absolute atomic E-state index is 0.132. The number of aliphatic hydroxyl groups is 1. The van der Waals surface area contributed by atoms with Crippen molar-refractivity contribution in [3.05, 3.63) is 0 Å². The summed E-state index contributed by atoms with van der Waals surface area (Å²) in [6.45, 7) is 5.95. The molecule has 2 unspecified atom stereocenters. The highest BCUT2D eigenvalue weighted by molar-refractivity contribution is 4.91. The normalized spacial score (nSPS) is 31.8. The molecule has 2 N–H and O–H groups in total. The molecule has 4 nitrogen and oxygen atoms in total. The van der Waals surface area contributed by atoms with Gasteiger partial charge in [-0.05, 0) is 25.3 Å². The zero-order chi connectivity index (χ0) is 10.5. The third-order valence-corrected chi connectivity index (χ3v) is 3.46. The topological polar surface area (TPSA) is 44.7 Å². The van der Waals surface area contributed by atoms with Gasteiger partial charge in [0.25, 0.3) is 0 Å². The number of aliphatic hydroxyl groups excluding tert-OH is 1. The Balaban J connectivity index is 1.63. The lowest BCUT2D eigenvalue weighted by atomic mass is 9.94. The summed E-state index contributed by atoms with van der Waals surface area (Å²) in [4.78, 5) is 2.48. The van der Waals surface area contributed by atoms with Gasteiger partial charge < -0.3 is 15.2 Å². The van der Waals surface area contributed by atoms with Gasteiger partial charge in [0.15, 0.2) is 0 Å². The average Bonchev–Trinajstić information content (AvgIpc) is 2.67. The van der Waals surface area contributed by atoms with Crippen molar-refractivity contribution in [1.82, 2.24) is 10.2 Å². The highest BCUT2D eigenvalue weighted by Crippen LogP contribution is 2.24. The molecule has 88 valence electrons. The highest BCUT2D eigenvalue weighted by atomic mass is 16.5. The molecule has 2 aliphatic heterocycles. The third-order valence-electron chi connectivity index (χ3n) is 3.46. The number of rotatable bonds is 5. The van der Waals surface area contributed by atoms with Crippen LogP contribution in [-0.2, 0) is 4.74 Å². The first-order valence-corrected chi connectivity index (χ1v) is 6.04. The summed E-state index contributed by atoms with van der Waals surface area (Å²) in [5.74, 6) is 0.858. The fourth-order valence-corrected chi connectivity index (χ4v) is 2.68. The minimum atomic E-state index is 0.132. The number of hydrogen-bond donors (Lipinski definition) is 2. The van der Waals surface area contributed by atoms with Gasteiger partial charge in [0.1, 0.15) is 0 Å². The first kappa shape index (κ1) is 11.3. The molecule has 0 aromatic heterocycles. The zero-order valence-corrected chi connectivity index (χ0v) is 9.32. The van der Waals surface area contributed by atoms with Gasteiger partial charge in [0.05, 0.1) is 19.8 Å². The molecule has 0 amide bonds. The van der Waals surface area contributed by atoms with E-state index < -0.39 is 0 Å². The van der Waals surface area contributed by atoms with E-state index in [0.29, 0.717) is 6.61 Å². The van der Waals surface area contributed by atoms with Crippen LogP contribution in [0.1, 0.15) is 12.8 Å². The van der Waals surface area contributed by atoms with Crippen LogP contribution in [0.2, 0.25) is 0 Å². The molecule has 2 saturated heterocycles. The van der Waals surface area contributed by atoms with Crippen molar-refractivity contribution in [3.63, 3.8) is 0 Å². The van der Waals surface area contributed by atoms with Crippen LogP contribution in [-0.4, -0.2) is 62.0 Å². The molecule has 2 aliphatic rings. The van der Waals surface area contributed by atoms with Gasteiger partial charge in [0.2, 0.25) is 0 Å². The Morgan fingerprint density at radius 1 is 1.33 bits per heavy atom. The Labute approximate surface area is 91.6 Å². The van der Waals surface area contributed by atoms with Crippen LogP contribution < -0.4 is 5.32 Å². The molecule has 2 atom stereocenters. The molecule has 0 radical (unpaired) electrons. The quantitative estimate of drug-likeness (QED) is 0.616. The van der Waals surface area contributed by atoms with Gasteiger partial charge >= 0.3 is 0 Å². The molecule has 2 rings (SSSR count). The summed E-state index contributed by atoms with van der Waals surface area (Å²) < 4.78 is 5.29. The van der Waals surface area contributed by atoms with E-state index >= 15 is 0 Å². The molecule has 0 aromatic carbocycles. The number of ether oxygens (including phenoxy) is 1. The maximum atomic E-state index is 8.58. The van der Waals surface area contributed by atoms with Crippen LogP contribution in [0.3, 0.4) is 0 Å². The van der Waals surface area contributed by atoms with Crippen LogP contribution in [0, 0.1) is 5.92 Å². The first-order chi connectivity index (χ1) is 7.40. The van der Waals surface area contributed by atoms with Gasteiger partial charge in [-0.25, -0.2) is 0 Å². The van der Waals surface area contributed by atoms with E-state index in [1.54, 1.807) is 0 Å². The molecule has 15 heavy (non-hydrogen) atoms. The summed E-state index contributed by atoms with van der Waals surface area (Å²) in [6, 6.07) is 0.719. The maximum Gasteiger partial charge on any atom is 0.0698 e. The average molecular weight is 214 g/mol. The van der Waals surface area contributed by atoms with Gasteiger partial charge in [-0.2, -0.15) is 0 Å². The SMILES string of the molecule is OCCOCCN1CC2CCCNC2C1. The highest BCUT2D eigenvalue weighted by Gasteiger charge is 2.33. The van der Waals surface area contributed by atoms with Crippen molar-refractivity contribution >= 4 is 0 Å². The van der Waals surface area contributed by atoms with E-state index in [-0.39, 0.29) is 6.61 Å². The molecule has 0 aliphatic carbocycles. The van der Waals surface area contributed by atoms with Crippen LogP contribution in [0.15, 0.2) is 0 Å². The van der Waals surface area contributed by atoms with Crippen LogP contribution in [0.25, 0.3) is 0 Å². The molecule has 2 fully saturated rings. The predicted octanol–water partition coefficient (Wildman–Crippen LogP) is -0.321. The molecular weight excluding hydrogens is 192 g/mol. The largest absolute Gasteiger partial charge is 0.394 e. The molecule has 0 aromatic rings. The Kier molecular flexibility index (Phi) is 4.38. The molecule has 0 saturated carbocycles. The molecule has 2 heterocycles. The van der Waals surface area contributed by atoms with Crippen molar-refractivity contribution < 1.29 is 9.84 Å². The molecule has 0 bridgehead atoms. The van der Waals surface area contributed by atoms with Crippen molar-refractivity contribution in [3.8, 4) is 0 Å². The zero-order valence-electron chi connectivity index (χ0n) is 9.32. The van der Waals surface area contributed by atoms with Crippen LogP contribution >= 0.6 is 0 Å². The van der Waals surface area contributed by atoms with E-state index in [2.05, 4.69) is 10.2 Å². The predicted molar refractivity (Wildman–Crippen MR) is 58.9 cm³/mol. The lowest BCUT2D eigenvalue weighted by Gasteiger charge is -2.24. The number of nitrogens with zero attached hydrogens (tertiary/aromatic N) is 1. The minimum Gasteiger partial charge on any atom is -0.394 e. The van der Waals surface area contributed by atoms with Crippen LogP contribution in [0.4, 0.5) is 0 Å². The number of fused-ring (bicyclic) bond motifs is 1. The molecule has 0 spiro atoms. The Bertz CT molecular complexity index is 175. The summed E-state index contributed by atoms with van der Waals surface area (Å²) in [6.07, 6.45) is 2.71. The second-order valence-electron chi connectivity index (χ2n) is 4.56. The fraction of sp³-hybridized carbons (Fsp3) is 1.00. The number of piperidine rings is 1. The van der Waals surface area contributed by atoms with Gasteiger partial charge in [0, 0.05) is 25.7 Å². The third kappa shape index (κ3) is 3.14. The Morgan fingerprint density at radius 3 is 3.07 bits per heavy atom. The second kappa shape index (κ2) is 5.80. The molecular formula is C11H22N2O2. The first-order valence-electron chi connectivity index (χ1n) is 6.04. The summed E-state index contributed by atoms with van der Waals surface area (Å²) in [5.41, 5.74) is 0. The Morgan fingerprint density at radius 2 is 2.27 bits per heavy atom. The van der Waals surface area contributed by atoms with E-state index in [4.69, 9.17) is 9.84 Å². The number of likely N-dealkylation sites (tertiary alicyclic amines) is 1. The van der Waals surface area contributed by atoms with E-state index in [1.807, 2.05) is 0 Å². The van der Waals surface area contributed by atoms with Crippen molar-refractivity contribution in [2.75, 3.05) is 46.0 Å². The summed E-state index contributed by atoms with van der Waals surface area (Å²) in [7, 11) is 0. The lowest BCUT2D eigenvalue weighted by molar-refractivity contribution is 0.0773. The summed E-state index contributed by atoms with van der Waals surface area (Å²) >= 11 is 0. The number of hydrogen-bond acceptors (Lipinski definition) is 4. The monoisotopic (exact) mass is 214 g/mol. The van der Waals surface area contributed by atoms with E-state index in [0.717, 1.165) is 25.1 Å². The van der Waals surface area contributed by atoms with Crippen molar-refractivity contribution in [2.45, 2.75) is 18.9 Å². The fourth-order valence-electron chi connectivity index (χ4n) is 2.68. The smallest absolute Gasteiger partial charge is 0.0698 e. The number of nitrogens with one attached hydrogen (secondary N) is 1. The van der Waals surface area contributed by atoms with Crippen LogP contribution in [0.5, 0.6) is 0 Å². The van der Waals surface area contributed by atoms with Gasteiger partial charge in [-0.1, -0.05) is 0 Å². The summed E-state index contributed by atoms with van der Waals surface area (Å²) in [5, 5.41) is 12.2. The Hall–Kier alpha value is -0.160. The maximum absolute atomic E-state index is 8.58. The molecule has 4 heteroatoms. The van der Waals surface area contributed by atoms with Crippen molar-refractivity contribution in [1.29, 1.82) is 0 Å². The second-order valence-corrected chi connectivity index (χ2v) is 4.56. The lowest BCUT2D eigenvalue weighted by Crippen LogP contribution is -2.40. The standard InChI is InChI=1S/C11H22N2O2/c14-5-7-15-6-4-13-8-10-2-1-3-12-11(10)9-13/h10-12,14H,1-9H2. The van der Waals surface area contributed by atoms with Gasteiger partial charge in [-0.15, -0.1) is 0 Å². The van der Waals surface area contributed by atoms with Gasteiger partial charge in [-0.3, -0.25) is 4.90 Å². The van der Waals surface area contributed by atoms with Crippen molar-refractivity contribution in [2.24, 2.45) is 5.92 Å².